The molecule has 1 N–H and O–H groups in total. The fraction of sp³-hybridized carbons (Fsp3) is 0.444. The van der Waals surface area contributed by atoms with Crippen LogP contribution in [0.25, 0.3) is 0 Å². The Hall–Kier alpha value is -1.65. The quantitative estimate of drug-likeness (QED) is 0.783. The number of amides is 1. The van der Waals surface area contributed by atoms with Crippen molar-refractivity contribution in [1.82, 2.24) is 9.97 Å². The van der Waals surface area contributed by atoms with Crippen LogP contribution < -0.4 is 10.1 Å². The van der Waals surface area contributed by atoms with Crippen molar-refractivity contribution in [3.05, 3.63) is 12.4 Å². The van der Waals surface area contributed by atoms with Crippen molar-refractivity contribution >= 4 is 11.7 Å². The van der Waals surface area contributed by atoms with Gasteiger partial charge >= 0.3 is 0 Å². The first kappa shape index (κ1) is 10.4. The monoisotopic (exact) mass is 195 g/mol. The summed E-state index contributed by atoms with van der Waals surface area (Å²) in [5, 5.41) is 2.65. The first-order chi connectivity index (χ1) is 6.63. The third kappa shape index (κ3) is 2.69. The van der Waals surface area contributed by atoms with Gasteiger partial charge in [-0.05, 0) is 0 Å². The van der Waals surface area contributed by atoms with Crippen molar-refractivity contribution in [1.29, 1.82) is 0 Å². The molecule has 76 valence electrons. The van der Waals surface area contributed by atoms with E-state index in [1.54, 1.807) is 6.07 Å². The molecular weight excluding hydrogens is 182 g/mol. The minimum atomic E-state index is -0.0780. The van der Waals surface area contributed by atoms with E-state index in [1.807, 2.05) is 13.8 Å². The molecule has 0 unspecified atom stereocenters. The Morgan fingerprint density at radius 2 is 2.21 bits per heavy atom. The van der Waals surface area contributed by atoms with Crippen molar-refractivity contribution in [3.8, 4) is 5.88 Å². The van der Waals surface area contributed by atoms with Crippen LogP contribution in [0.2, 0.25) is 0 Å². The van der Waals surface area contributed by atoms with E-state index in [0.717, 1.165) is 0 Å². The Morgan fingerprint density at radius 3 is 2.79 bits per heavy atom. The van der Waals surface area contributed by atoms with Gasteiger partial charge in [0.2, 0.25) is 11.8 Å². The van der Waals surface area contributed by atoms with Crippen LogP contribution in [0.4, 0.5) is 5.82 Å². The van der Waals surface area contributed by atoms with Crippen LogP contribution in [0.3, 0.4) is 0 Å². The number of carbonyl (C=O) groups is 1. The molecule has 1 heterocycles. The van der Waals surface area contributed by atoms with Crippen LogP contribution in [0, 0.1) is 5.92 Å². The lowest BCUT2D eigenvalue weighted by molar-refractivity contribution is -0.118. The summed E-state index contributed by atoms with van der Waals surface area (Å²) in [7, 11) is 1.51. The van der Waals surface area contributed by atoms with Gasteiger partial charge in [0.25, 0.3) is 0 Å². The molecule has 0 saturated carbocycles. The van der Waals surface area contributed by atoms with Gasteiger partial charge < -0.3 is 10.1 Å². The Balaban J connectivity index is 2.72. The third-order valence-electron chi connectivity index (χ3n) is 1.63. The van der Waals surface area contributed by atoms with Crippen LogP contribution in [0.1, 0.15) is 13.8 Å². The molecule has 0 atom stereocenters. The van der Waals surface area contributed by atoms with E-state index in [2.05, 4.69) is 15.3 Å². The van der Waals surface area contributed by atoms with E-state index in [9.17, 15) is 4.79 Å². The molecule has 0 aliphatic rings. The molecule has 0 aliphatic carbocycles. The molecule has 0 radical (unpaired) electrons. The van der Waals surface area contributed by atoms with Crippen LogP contribution in [0.5, 0.6) is 5.88 Å². The van der Waals surface area contributed by atoms with Gasteiger partial charge in [-0.1, -0.05) is 13.8 Å². The van der Waals surface area contributed by atoms with Crippen LogP contribution in [-0.2, 0) is 4.79 Å². The van der Waals surface area contributed by atoms with E-state index >= 15 is 0 Å². The fourth-order valence-electron chi connectivity index (χ4n) is 0.790. The first-order valence-corrected chi connectivity index (χ1v) is 4.30. The van der Waals surface area contributed by atoms with Gasteiger partial charge in [-0.2, -0.15) is 0 Å². The molecule has 14 heavy (non-hydrogen) atoms. The molecule has 0 aliphatic heterocycles. The average molecular weight is 195 g/mol. The summed E-state index contributed by atoms with van der Waals surface area (Å²) >= 11 is 0. The molecule has 0 spiro atoms. The summed E-state index contributed by atoms with van der Waals surface area (Å²) in [6, 6.07) is 1.57. The smallest absolute Gasteiger partial charge is 0.228 e. The number of hydrogen-bond donors (Lipinski definition) is 1. The molecule has 1 aromatic heterocycles. The Morgan fingerprint density at radius 1 is 1.50 bits per heavy atom. The second-order valence-corrected chi connectivity index (χ2v) is 3.09. The van der Waals surface area contributed by atoms with Gasteiger partial charge in [-0.15, -0.1) is 0 Å². The van der Waals surface area contributed by atoms with E-state index in [4.69, 9.17) is 4.74 Å². The number of nitrogens with zero attached hydrogens (tertiary/aromatic N) is 2. The highest BCUT2D eigenvalue weighted by atomic mass is 16.5. The lowest BCUT2D eigenvalue weighted by atomic mass is 10.2. The minimum absolute atomic E-state index is 0.0732. The highest BCUT2D eigenvalue weighted by molar-refractivity contribution is 5.91. The van der Waals surface area contributed by atoms with Crippen LogP contribution >= 0.6 is 0 Å². The van der Waals surface area contributed by atoms with E-state index in [1.165, 1.54) is 13.4 Å². The lowest BCUT2D eigenvalue weighted by Crippen LogP contribution is -2.18. The normalized spacial score (nSPS) is 10.0. The lowest BCUT2D eigenvalue weighted by Gasteiger charge is -2.06. The van der Waals surface area contributed by atoms with Crippen molar-refractivity contribution in [2.45, 2.75) is 13.8 Å². The number of ether oxygens (including phenoxy) is 1. The second kappa shape index (κ2) is 4.55. The topological polar surface area (TPSA) is 64.1 Å². The molecule has 1 amide bonds. The molecule has 0 saturated heterocycles. The highest BCUT2D eigenvalue weighted by Crippen LogP contribution is 2.10. The van der Waals surface area contributed by atoms with Crippen molar-refractivity contribution in [2.75, 3.05) is 12.4 Å². The van der Waals surface area contributed by atoms with Gasteiger partial charge in [0.1, 0.15) is 12.1 Å². The zero-order chi connectivity index (χ0) is 10.6. The zero-order valence-electron chi connectivity index (χ0n) is 8.44. The second-order valence-electron chi connectivity index (χ2n) is 3.09. The summed E-state index contributed by atoms with van der Waals surface area (Å²) in [4.78, 5) is 19.0. The van der Waals surface area contributed by atoms with Gasteiger partial charge in [0, 0.05) is 12.0 Å². The first-order valence-electron chi connectivity index (χ1n) is 4.30. The number of rotatable bonds is 3. The fourth-order valence-corrected chi connectivity index (χ4v) is 0.790. The third-order valence-corrected chi connectivity index (χ3v) is 1.63. The van der Waals surface area contributed by atoms with Gasteiger partial charge in [-0.3, -0.25) is 4.79 Å². The maximum absolute atomic E-state index is 11.3. The number of anilines is 1. The summed E-state index contributed by atoms with van der Waals surface area (Å²) in [5.74, 6) is 0.733. The predicted octanol–water partition coefficient (Wildman–Crippen LogP) is 1.08. The summed E-state index contributed by atoms with van der Waals surface area (Å²) in [6.07, 6.45) is 1.34. The summed E-state index contributed by atoms with van der Waals surface area (Å²) in [6.45, 7) is 3.63. The standard InChI is InChI=1S/C9H13N3O2/c1-6(2)9(13)12-7-4-8(14-3)11-5-10-7/h4-6H,1-3H3,(H,10,11,12,13). The van der Waals surface area contributed by atoms with Gasteiger partial charge in [0.05, 0.1) is 7.11 Å². The molecular formula is C9H13N3O2. The van der Waals surface area contributed by atoms with E-state index in [0.29, 0.717) is 11.7 Å². The Kier molecular flexibility index (Phi) is 3.39. The molecule has 0 fully saturated rings. The van der Waals surface area contributed by atoms with Crippen molar-refractivity contribution in [2.24, 2.45) is 5.92 Å². The van der Waals surface area contributed by atoms with Crippen LogP contribution in [0.15, 0.2) is 12.4 Å². The molecule has 5 nitrogen and oxygen atoms in total. The molecule has 0 aromatic carbocycles. The number of nitrogens with one attached hydrogen (secondary N) is 1. The molecule has 0 bridgehead atoms. The number of methoxy groups -OCH3 is 1. The molecule has 1 aromatic rings. The van der Waals surface area contributed by atoms with Gasteiger partial charge in [-0.25, -0.2) is 9.97 Å². The van der Waals surface area contributed by atoms with E-state index < -0.39 is 0 Å². The maximum Gasteiger partial charge on any atom is 0.228 e. The number of hydrogen-bond acceptors (Lipinski definition) is 4. The summed E-state index contributed by atoms with van der Waals surface area (Å²) in [5.41, 5.74) is 0. The van der Waals surface area contributed by atoms with E-state index in [-0.39, 0.29) is 11.8 Å². The zero-order valence-corrected chi connectivity index (χ0v) is 8.44. The molecule has 1 rings (SSSR count). The Bertz CT molecular complexity index is 326. The average Bonchev–Trinajstić information content (AvgIpc) is 2.18. The summed E-state index contributed by atoms with van der Waals surface area (Å²) < 4.78 is 4.89. The molecule has 5 heteroatoms. The highest BCUT2D eigenvalue weighted by Gasteiger charge is 2.08. The minimum Gasteiger partial charge on any atom is -0.481 e. The SMILES string of the molecule is COc1cc(NC(=O)C(C)C)ncn1. The largest absolute Gasteiger partial charge is 0.481 e. The van der Waals surface area contributed by atoms with Crippen LogP contribution in [-0.4, -0.2) is 23.0 Å². The maximum atomic E-state index is 11.3. The Labute approximate surface area is 82.5 Å². The number of aromatic nitrogens is 2. The van der Waals surface area contributed by atoms with Crippen molar-refractivity contribution < 1.29 is 9.53 Å². The predicted molar refractivity (Wildman–Crippen MR) is 52.1 cm³/mol. The number of carbonyl (C=O) groups excluding carboxylic acids is 1. The van der Waals surface area contributed by atoms with Crippen molar-refractivity contribution in [3.63, 3.8) is 0 Å². The van der Waals surface area contributed by atoms with Gasteiger partial charge in [0.15, 0.2) is 0 Å².